The molecule has 3 aromatic heterocycles. The Kier molecular flexibility index (Phi) is 4.85. The van der Waals surface area contributed by atoms with E-state index in [1.165, 1.54) is 4.88 Å². The molecule has 3 aromatic rings. The molecule has 4 heterocycles. The Labute approximate surface area is 154 Å². The Hall–Kier alpha value is -2.12. The molecule has 0 saturated carbocycles. The number of amides is 1. The number of anilines is 1. The minimum Gasteiger partial charge on any atom is -0.361 e. The van der Waals surface area contributed by atoms with Crippen LogP contribution in [0.5, 0.6) is 0 Å². The van der Waals surface area contributed by atoms with Crippen LogP contribution in [-0.2, 0) is 6.42 Å². The number of thiophene rings is 1. The van der Waals surface area contributed by atoms with Crippen molar-refractivity contribution < 1.29 is 4.79 Å². The van der Waals surface area contributed by atoms with Gasteiger partial charge in [-0.05, 0) is 36.8 Å². The highest BCUT2D eigenvalue weighted by atomic mass is 32.1. The molecule has 5 nitrogen and oxygen atoms in total. The number of carbonyl (C=O) groups excluding carboxylic acids is 1. The van der Waals surface area contributed by atoms with E-state index < -0.39 is 0 Å². The van der Waals surface area contributed by atoms with Crippen LogP contribution in [0.4, 0.5) is 5.13 Å². The van der Waals surface area contributed by atoms with Crippen LogP contribution in [0.1, 0.15) is 28.2 Å². The molecule has 0 unspecified atom stereocenters. The molecule has 130 valence electrons. The van der Waals surface area contributed by atoms with Crippen molar-refractivity contribution in [1.82, 2.24) is 14.9 Å². The molecule has 4 rings (SSSR count). The largest absolute Gasteiger partial charge is 0.361 e. The average Bonchev–Trinajstić information content (AvgIpc) is 3.41. The zero-order chi connectivity index (χ0) is 17.1. The van der Waals surface area contributed by atoms with Crippen LogP contribution < -0.4 is 5.32 Å². The van der Waals surface area contributed by atoms with Crippen LogP contribution in [0.2, 0.25) is 0 Å². The maximum Gasteiger partial charge on any atom is 0.270 e. The molecule has 1 amide bonds. The Morgan fingerprint density at radius 2 is 2.20 bits per heavy atom. The first-order chi connectivity index (χ1) is 12.3. The fraction of sp³-hybridized carbons (Fsp3) is 0.333. The van der Waals surface area contributed by atoms with Gasteiger partial charge in [-0.1, -0.05) is 6.07 Å². The van der Waals surface area contributed by atoms with Gasteiger partial charge in [0.15, 0.2) is 5.13 Å². The van der Waals surface area contributed by atoms with E-state index in [-0.39, 0.29) is 5.91 Å². The van der Waals surface area contributed by atoms with E-state index in [0.717, 1.165) is 55.3 Å². The Balaban J connectivity index is 1.37. The first kappa shape index (κ1) is 16.4. The number of carbonyl (C=O) groups is 1. The number of thiazole rings is 1. The van der Waals surface area contributed by atoms with Crippen molar-refractivity contribution in [3.05, 3.63) is 45.7 Å². The molecule has 2 N–H and O–H groups in total. The minimum atomic E-state index is 0.0910. The number of nitrogens with one attached hydrogen (secondary N) is 2. The second kappa shape index (κ2) is 7.41. The smallest absolute Gasteiger partial charge is 0.270 e. The number of rotatable bonds is 6. The summed E-state index contributed by atoms with van der Waals surface area (Å²) in [5, 5.41) is 8.42. The van der Waals surface area contributed by atoms with Crippen LogP contribution in [0, 0.1) is 0 Å². The lowest BCUT2D eigenvalue weighted by atomic mass is 10.2. The fourth-order valence-corrected chi connectivity index (χ4v) is 4.45. The van der Waals surface area contributed by atoms with Crippen molar-refractivity contribution in [2.75, 3.05) is 25.0 Å². The molecule has 7 heteroatoms. The van der Waals surface area contributed by atoms with Gasteiger partial charge in [-0.15, -0.1) is 22.7 Å². The van der Waals surface area contributed by atoms with Crippen molar-refractivity contribution in [2.45, 2.75) is 19.3 Å². The number of likely N-dealkylation sites (tertiary alicyclic amines) is 1. The molecule has 1 fully saturated rings. The quantitative estimate of drug-likeness (QED) is 0.685. The molecule has 0 aliphatic carbocycles. The van der Waals surface area contributed by atoms with E-state index in [2.05, 4.69) is 32.8 Å². The molecule has 1 aliphatic rings. The highest BCUT2D eigenvalue weighted by Gasteiger charge is 2.21. The monoisotopic (exact) mass is 372 g/mol. The van der Waals surface area contributed by atoms with E-state index >= 15 is 0 Å². The maximum atomic E-state index is 12.4. The lowest BCUT2D eigenvalue weighted by Crippen LogP contribution is -2.27. The molecular weight excluding hydrogens is 352 g/mol. The summed E-state index contributed by atoms with van der Waals surface area (Å²) < 4.78 is 0. The molecule has 1 aliphatic heterocycles. The number of H-pyrrole nitrogens is 1. The van der Waals surface area contributed by atoms with Crippen molar-refractivity contribution in [3.63, 3.8) is 0 Å². The van der Waals surface area contributed by atoms with Crippen LogP contribution >= 0.6 is 22.7 Å². The van der Waals surface area contributed by atoms with Gasteiger partial charge in [-0.3, -0.25) is 4.79 Å². The van der Waals surface area contributed by atoms with Crippen LogP contribution in [-0.4, -0.2) is 40.4 Å². The summed E-state index contributed by atoms with van der Waals surface area (Å²) >= 11 is 3.38. The first-order valence-electron chi connectivity index (χ1n) is 8.49. The summed E-state index contributed by atoms with van der Waals surface area (Å²) in [4.78, 5) is 23.4. The van der Waals surface area contributed by atoms with Crippen LogP contribution in [0.25, 0.3) is 11.3 Å². The van der Waals surface area contributed by atoms with Crippen molar-refractivity contribution in [2.24, 2.45) is 0 Å². The molecule has 1 saturated heterocycles. The number of hydrogen-bond acceptors (Lipinski definition) is 5. The van der Waals surface area contributed by atoms with E-state index in [4.69, 9.17) is 0 Å². The lowest BCUT2D eigenvalue weighted by Gasteiger charge is -2.13. The van der Waals surface area contributed by atoms with Gasteiger partial charge in [0.25, 0.3) is 5.91 Å². The summed E-state index contributed by atoms with van der Waals surface area (Å²) in [6, 6.07) is 6.14. The van der Waals surface area contributed by atoms with E-state index in [1.807, 2.05) is 22.5 Å². The fourth-order valence-electron chi connectivity index (χ4n) is 2.99. The van der Waals surface area contributed by atoms with Gasteiger partial charge in [-0.2, -0.15) is 0 Å². The van der Waals surface area contributed by atoms with Gasteiger partial charge in [0.05, 0.1) is 5.69 Å². The summed E-state index contributed by atoms with van der Waals surface area (Å²) in [6.45, 7) is 2.60. The summed E-state index contributed by atoms with van der Waals surface area (Å²) in [5.74, 6) is 0.0910. The molecule has 0 spiro atoms. The summed E-state index contributed by atoms with van der Waals surface area (Å²) in [6.07, 6.45) is 5.08. The third kappa shape index (κ3) is 3.77. The Morgan fingerprint density at radius 3 is 3.00 bits per heavy atom. The molecule has 25 heavy (non-hydrogen) atoms. The molecule has 0 atom stereocenters. The van der Waals surface area contributed by atoms with Gasteiger partial charge in [-0.25, -0.2) is 4.98 Å². The number of nitrogens with zero attached hydrogens (tertiary/aromatic N) is 2. The zero-order valence-electron chi connectivity index (χ0n) is 13.8. The first-order valence-corrected chi connectivity index (χ1v) is 10.3. The number of aromatic nitrogens is 2. The molecular formula is C18H20N4OS2. The third-order valence-electron chi connectivity index (χ3n) is 4.33. The second-order valence-corrected chi connectivity index (χ2v) is 7.99. The van der Waals surface area contributed by atoms with Crippen LogP contribution in [0.3, 0.4) is 0 Å². The third-order valence-corrected chi connectivity index (χ3v) is 6.07. The van der Waals surface area contributed by atoms with Gasteiger partial charge in [0, 0.05) is 41.7 Å². The van der Waals surface area contributed by atoms with Gasteiger partial charge in [0.1, 0.15) is 5.69 Å². The summed E-state index contributed by atoms with van der Waals surface area (Å²) in [5.41, 5.74) is 2.52. The SMILES string of the molecule is O=C(c1cc(-c2csc(NCCc3cccs3)n2)c[nH]1)N1CCCC1. The number of aromatic amines is 1. The highest BCUT2D eigenvalue weighted by molar-refractivity contribution is 7.14. The molecule has 0 bridgehead atoms. The van der Waals surface area contributed by atoms with Gasteiger partial charge < -0.3 is 15.2 Å². The maximum absolute atomic E-state index is 12.4. The normalized spacial score (nSPS) is 14.2. The Bertz CT molecular complexity index is 831. The van der Waals surface area contributed by atoms with E-state index in [9.17, 15) is 4.79 Å². The number of hydrogen-bond donors (Lipinski definition) is 2. The van der Waals surface area contributed by atoms with Crippen molar-refractivity contribution in [3.8, 4) is 11.3 Å². The van der Waals surface area contributed by atoms with E-state index in [0.29, 0.717) is 5.69 Å². The molecule has 0 radical (unpaired) electrons. The topological polar surface area (TPSA) is 61.0 Å². The van der Waals surface area contributed by atoms with Gasteiger partial charge >= 0.3 is 0 Å². The average molecular weight is 373 g/mol. The highest BCUT2D eigenvalue weighted by Crippen LogP contribution is 2.26. The Morgan fingerprint density at radius 1 is 1.32 bits per heavy atom. The minimum absolute atomic E-state index is 0.0910. The zero-order valence-corrected chi connectivity index (χ0v) is 15.5. The van der Waals surface area contributed by atoms with Crippen molar-refractivity contribution >= 4 is 33.7 Å². The predicted molar refractivity (Wildman–Crippen MR) is 104 cm³/mol. The van der Waals surface area contributed by atoms with E-state index in [1.54, 1.807) is 22.7 Å². The second-order valence-electron chi connectivity index (χ2n) is 6.10. The summed E-state index contributed by atoms with van der Waals surface area (Å²) in [7, 11) is 0. The standard InChI is InChI=1S/C18H20N4OS2/c23-17(22-7-1-2-8-22)15-10-13(11-20-15)16-12-25-18(21-16)19-6-5-14-4-3-9-24-14/h3-4,9-12,20H,1-2,5-8H2,(H,19,21). The lowest BCUT2D eigenvalue weighted by molar-refractivity contribution is 0.0788. The van der Waals surface area contributed by atoms with Gasteiger partial charge in [0.2, 0.25) is 0 Å². The molecule has 0 aromatic carbocycles. The predicted octanol–water partition coefficient (Wildman–Crippen LogP) is 4.09. The van der Waals surface area contributed by atoms with Crippen LogP contribution in [0.15, 0.2) is 35.2 Å². The van der Waals surface area contributed by atoms with Crippen molar-refractivity contribution in [1.29, 1.82) is 0 Å².